The van der Waals surface area contributed by atoms with Crippen molar-refractivity contribution < 1.29 is 14.0 Å². The van der Waals surface area contributed by atoms with E-state index in [4.69, 9.17) is 0 Å². The number of fused-ring (bicyclic) bond motifs is 1. The maximum atomic E-state index is 14.1. The molecule has 2 heterocycles. The van der Waals surface area contributed by atoms with Gasteiger partial charge in [-0.3, -0.25) is 14.5 Å². The zero-order chi connectivity index (χ0) is 21.4. The fraction of sp³-hybridized carbons (Fsp3) is 0.565. The van der Waals surface area contributed by atoms with Crippen molar-refractivity contribution >= 4 is 22.7 Å². The Morgan fingerprint density at radius 1 is 1.23 bits per heavy atom. The van der Waals surface area contributed by atoms with Gasteiger partial charge in [0.15, 0.2) is 0 Å². The van der Waals surface area contributed by atoms with E-state index in [2.05, 4.69) is 22.1 Å². The smallest absolute Gasteiger partial charge is 0.267 e. The molecule has 30 heavy (non-hydrogen) atoms. The van der Waals surface area contributed by atoms with Crippen LogP contribution in [0.1, 0.15) is 55.6 Å². The monoisotopic (exact) mass is 414 g/mol. The van der Waals surface area contributed by atoms with Crippen LogP contribution in [-0.4, -0.2) is 64.4 Å². The molecule has 2 aromatic rings. The van der Waals surface area contributed by atoms with E-state index in [-0.39, 0.29) is 29.7 Å². The van der Waals surface area contributed by atoms with Gasteiger partial charge in [0.2, 0.25) is 5.91 Å². The minimum absolute atomic E-state index is 0.106. The highest BCUT2D eigenvalue weighted by molar-refractivity contribution is 5.99. The van der Waals surface area contributed by atoms with Gasteiger partial charge in [0, 0.05) is 50.1 Å². The predicted octanol–water partition coefficient (Wildman–Crippen LogP) is 3.21. The van der Waals surface area contributed by atoms with Gasteiger partial charge in [0.25, 0.3) is 5.91 Å². The third kappa shape index (κ3) is 4.08. The van der Waals surface area contributed by atoms with Crippen molar-refractivity contribution in [2.24, 2.45) is 0 Å². The molecule has 2 N–H and O–H groups in total. The average Bonchev–Trinajstić information content (AvgIpc) is 3.18. The van der Waals surface area contributed by atoms with Crippen molar-refractivity contribution in [2.45, 2.75) is 64.6 Å². The van der Waals surface area contributed by atoms with Crippen LogP contribution in [0.15, 0.2) is 18.2 Å². The van der Waals surface area contributed by atoms with E-state index in [1.54, 1.807) is 19.1 Å². The quantitative estimate of drug-likeness (QED) is 0.810. The van der Waals surface area contributed by atoms with Gasteiger partial charge >= 0.3 is 0 Å². The number of rotatable bonds is 3. The molecule has 0 unspecified atom stereocenters. The Balaban J connectivity index is 1.40. The first-order chi connectivity index (χ1) is 14.3. The number of nitrogens with one attached hydrogen (secondary N) is 2. The standard InChI is InChI=1S/C23H31FN4O2/c1-14-7-8-20(24)19-12-21(26-22(14)19)23(30)25-17-5-4-6-18(11-17)27-9-10-28(16(3)29)15(2)13-27/h7-8,12,15,17-18,26H,4-6,9-11,13H2,1-3H3,(H,25,30)/t15-,17-,18-/m1/s1. The molecule has 7 heteroatoms. The van der Waals surface area contributed by atoms with Gasteiger partial charge < -0.3 is 15.2 Å². The maximum Gasteiger partial charge on any atom is 0.267 e. The number of piperazine rings is 1. The summed E-state index contributed by atoms with van der Waals surface area (Å²) in [6, 6.07) is 5.50. The van der Waals surface area contributed by atoms with Gasteiger partial charge in [0.1, 0.15) is 11.5 Å². The minimum atomic E-state index is -0.317. The van der Waals surface area contributed by atoms with Gasteiger partial charge in [-0.05, 0) is 57.2 Å². The van der Waals surface area contributed by atoms with E-state index in [9.17, 15) is 14.0 Å². The molecule has 0 bridgehead atoms. The number of H-pyrrole nitrogens is 1. The van der Waals surface area contributed by atoms with E-state index in [0.29, 0.717) is 22.6 Å². The van der Waals surface area contributed by atoms with Crippen molar-refractivity contribution in [3.05, 3.63) is 35.3 Å². The van der Waals surface area contributed by atoms with Crippen molar-refractivity contribution in [1.82, 2.24) is 20.1 Å². The first-order valence-corrected chi connectivity index (χ1v) is 10.9. The summed E-state index contributed by atoms with van der Waals surface area (Å²) in [6.45, 7) is 8.17. The number of aromatic amines is 1. The predicted molar refractivity (Wildman–Crippen MR) is 115 cm³/mol. The minimum Gasteiger partial charge on any atom is -0.350 e. The Morgan fingerprint density at radius 2 is 2.03 bits per heavy atom. The SMILES string of the molecule is CC(=O)N1CCN([C@@H]2CCC[C@@H](NC(=O)c3cc4c(F)ccc(C)c4[nH]3)C2)C[C@H]1C. The second-order valence-corrected chi connectivity index (χ2v) is 8.88. The van der Waals surface area contributed by atoms with E-state index < -0.39 is 0 Å². The third-order valence-electron chi connectivity index (χ3n) is 6.76. The lowest BCUT2D eigenvalue weighted by atomic mass is 9.89. The average molecular weight is 415 g/mol. The van der Waals surface area contributed by atoms with Crippen LogP contribution in [0.25, 0.3) is 10.9 Å². The topological polar surface area (TPSA) is 68.4 Å². The molecule has 1 aromatic heterocycles. The molecular weight excluding hydrogens is 383 g/mol. The first kappa shape index (κ1) is 20.8. The Morgan fingerprint density at radius 3 is 2.73 bits per heavy atom. The molecule has 2 fully saturated rings. The molecule has 1 aromatic carbocycles. The van der Waals surface area contributed by atoms with Crippen molar-refractivity contribution in [3.63, 3.8) is 0 Å². The molecule has 0 spiro atoms. The highest BCUT2D eigenvalue weighted by Crippen LogP contribution is 2.27. The molecule has 0 radical (unpaired) electrons. The fourth-order valence-corrected chi connectivity index (χ4v) is 5.12. The number of hydrogen-bond acceptors (Lipinski definition) is 3. The lowest BCUT2D eigenvalue weighted by Gasteiger charge is -2.45. The van der Waals surface area contributed by atoms with Crippen molar-refractivity contribution in [2.75, 3.05) is 19.6 Å². The summed E-state index contributed by atoms with van der Waals surface area (Å²) in [5, 5.41) is 3.62. The number of aryl methyl sites for hydroxylation is 1. The molecule has 1 saturated heterocycles. The van der Waals surface area contributed by atoms with Crippen LogP contribution in [0.4, 0.5) is 4.39 Å². The summed E-state index contributed by atoms with van der Waals surface area (Å²) < 4.78 is 14.1. The lowest BCUT2D eigenvalue weighted by molar-refractivity contribution is -0.133. The number of nitrogens with zero attached hydrogens (tertiary/aromatic N) is 2. The Bertz CT molecular complexity index is 917. The number of hydrogen-bond donors (Lipinski definition) is 2. The summed E-state index contributed by atoms with van der Waals surface area (Å²) in [6.07, 6.45) is 4.05. The Hall–Kier alpha value is -2.41. The largest absolute Gasteiger partial charge is 0.350 e. The van der Waals surface area contributed by atoms with Crippen molar-refractivity contribution in [1.29, 1.82) is 0 Å². The molecule has 2 amide bonds. The van der Waals surface area contributed by atoms with E-state index in [1.165, 1.54) is 6.07 Å². The molecule has 2 aliphatic rings. The summed E-state index contributed by atoms with van der Waals surface area (Å²) >= 11 is 0. The molecular formula is C23H31FN4O2. The van der Waals surface area contributed by atoms with Crippen LogP contribution >= 0.6 is 0 Å². The maximum absolute atomic E-state index is 14.1. The van der Waals surface area contributed by atoms with E-state index >= 15 is 0 Å². The van der Waals surface area contributed by atoms with Crippen LogP contribution in [0.3, 0.4) is 0 Å². The second-order valence-electron chi connectivity index (χ2n) is 8.88. The van der Waals surface area contributed by atoms with Gasteiger partial charge in [-0.2, -0.15) is 0 Å². The van der Waals surface area contributed by atoms with Gasteiger partial charge in [-0.25, -0.2) is 4.39 Å². The molecule has 162 valence electrons. The number of amides is 2. The zero-order valence-corrected chi connectivity index (χ0v) is 18.0. The molecule has 3 atom stereocenters. The molecule has 6 nitrogen and oxygen atoms in total. The van der Waals surface area contributed by atoms with Gasteiger partial charge in [-0.15, -0.1) is 0 Å². The third-order valence-corrected chi connectivity index (χ3v) is 6.76. The highest BCUT2D eigenvalue weighted by Gasteiger charge is 2.33. The van der Waals surface area contributed by atoms with Gasteiger partial charge in [0.05, 0.1) is 5.52 Å². The Kier molecular flexibility index (Phi) is 5.82. The first-order valence-electron chi connectivity index (χ1n) is 10.9. The fourth-order valence-electron chi connectivity index (χ4n) is 5.12. The lowest BCUT2D eigenvalue weighted by Crippen LogP contribution is -2.57. The number of halogens is 1. The van der Waals surface area contributed by atoms with Crippen LogP contribution in [0.2, 0.25) is 0 Å². The normalized spacial score (nSPS) is 25.5. The second kappa shape index (κ2) is 8.38. The van der Waals surface area contributed by atoms with E-state index in [1.807, 2.05) is 11.8 Å². The van der Waals surface area contributed by atoms with Crippen LogP contribution in [0.5, 0.6) is 0 Å². The number of carbonyl (C=O) groups excluding carboxylic acids is 2. The van der Waals surface area contributed by atoms with E-state index in [0.717, 1.165) is 50.9 Å². The van der Waals surface area contributed by atoms with Crippen molar-refractivity contribution in [3.8, 4) is 0 Å². The Labute approximate surface area is 176 Å². The molecule has 4 rings (SSSR count). The summed E-state index contributed by atoms with van der Waals surface area (Å²) in [5.74, 6) is -0.353. The summed E-state index contributed by atoms with van der Waals surface area (Å²) in [5.41, 5.74) is 2.00. The van der Waals surface area contributed by atoms with Gasteiger partial charge in [-0.1, -0.05) is 6.07 Å². The molecule has 1 saturated carbocycles. The van der Waals surface area contributed by atoms with Crippen LogP contribution in [-0.2, 0) is 4.79 Å². The van der Waals surface area contributed by atoms with Crippen LogP contribution < -0.4 is 5.32 Å². The van der Waals surface area contributed by atoms with Crippen LogP contribution in [0, 0.1) is 12.7 Å². The molecule has 1 aliphatic heterocycles. The number of carbonyl (C=O) groups is 2. The highest BCUT2D eigenvalue weighted by atomic mass is 19.1. The number of benzene rings is 1. The number of aromatic nitrogens is 1. The summed E-state index contributed by atoms with van der Waals surface area (Å²) in [7, 11) is 0. The molecule has 1 aliphatic carbocycles. The summed E-state index contributed by atoms with van der Waals surface area (Å²) in [4.78, 5) is 32.1. The zero-order valence-electron chi connectivity index (χ0n) is 18.0.